The third-order valence-electron chi connectivity index (χ3n) is 2.82. The van der Waals surface area contributed by atoms with Crippen LogP contribution in [0.1, 0.15) is 20.3 Å². The first-order valence-corrected chi connectivity index (χ1v) is 6.86. The highest BCUT2D eigenvalue weighted by Gasteiger charge is 2.13. The molecule has 0 heterocycles. The van der Waals surface area contributed by atoms with Crippen LogP contribution in [-0.4, -0.2) is 30.4 Å². The quantitative estimate of drug-likeness (QED) is 0.755. The van der Waals surface area contributed by atoms with Crippen molar-refractivity contribution in [1.29, 1.82) is 5.26 Å². The van der Waals surface area contributed by atoms with E-state index < -0.39 is 5.82 Å². The Balaban J connectivity index is 2.62. The number of hydrogen-bond acceptors (Lipinski definition) is 4. The molecule has 0 saturated heterocycles. The number of amides is 1. The zero-order chi connectivity index (χ0) is 15.8. The monoisotopic (exact) mass is 292 g/mol. The predicted octanol–water partition coefficient (Wildman–Crippen LogP) is 2.22. The predicted molar refractivity (Wildman–Crippen MR) is 81.0 cm³/mol. The number of nitrogens with zero attached hydrogens (tertiary/aromatic N) is 2. The fraction of sp³-hybridized carbons (Fsp3) is 0.467. The first kappa shape index (κ1) is 16.9. The Bertz CT molecular complexity index is 525. The summed E-state index contributed by atoms with van der Waals surface area (Å²) in [6.45, 7) is 5.55. The average molecular weight is 292 g/mol. The molecule has 1 rings (SSSR count). The zero-order valence-electron chi connectivity index (χ0n) is 12.4. The van der Waals surface area contributed by atoms with Crippen LogP contribution in [0.4, 0.5) is 15.8 Å². The Morgan fingerprint density at radius 3 is 2.81 bits per heavy atom. The molecule has 0 atom stereocenters. The number of nitrogens with two attached hydrogens (primary N) is 1. The molecular formula is C15H21FN4O. The number of hydrogen-bond donors (Lipinski definition) is 2. The lowest BCUT2D eigenvalue weighted by molar-refractivity contribution is -0.117. The van der Waals surface area contributed by atoms with Crippen molar-refractivity contribution in [2.45, 2.75) is 20.3 Å². The highest BCUT2D eigenvalue weighted by atomic mass is 19.1. The molecule has 0 aliphatic rings. The van der Waals surface area contributed by atoms with E-state index in [1.807, 2.05) is 4.90 Å². The lowest BCUT2D eigenvalue weighted by Crippen LogP contribution is -2.36. The molecule has 0 unspecified atom stereocenters. The summed E-state index contributed by atoms with van der Waals surface area (Å²) in [5, 5.41) is 11.3. The number of nitrogens with one attached hydrogen (secondary N) is 1. The number of halogens is 1. The number of carbonyl (C=O) groups excluding carboxylic acids is 1. The lowest BCUT2D eigenvalue weighted by atomic mass is 10.2. The third-order valence-corrected chi connectivity index (χ3v) is 2.82. The van der Waals surface area contributed by atoms with Crippen LogP contribution in [0.15, 0.2) is 18.2 Å². The summed E-state index contributed by atoms with van der Waals surface area (Å²) < 4.78 is 12.9. The van der Waals surface area contributed by atoms with Crippen molar-refractivity contribution in [2.24, 2.45) is 5.92 Å². The van der Waals surface area contributed by atoms with Gasteiger partial charge in [-0.1, -0.05) is 13.8 Å². The molecule has 0 bridgehead atoms. The van der Waals surface area contributed by atoms with E-state index >= 15 is 0 Å². The van der Waals surface area contributed by atoms with Gasteiger partial charge in [-0.2, -0.15) is 5.26 Å². The number of nitriles is 1. The molecule has 0 saturated carbocycles. The minimum absolute atomic E-state index is 0.177. The molecule has 1 aromatic rings. The molecule has 114 valence electrons. The van der Waals surface area contributed by atoms with E-state index in [0.29, 0.717) is 24.6 Å². The first-order valence-electron chi connectivity index (χ1n) is 6.86. The van der Waals surface area contributed by atoms with Crippen LogP contribution in [0.5, 0.6) is 0 Å². The van der Waals surface area contributed by atoms with Gasteiger partial charge in [0.1, 0.15) is 5.82 Å². The molecule has 0 radical (unpaired) electrons. The average Bonchev–Trinajstić information content (AvgIpc) is 2.38. The number of anilines is 2. The molecule has 1 aromatic carbocycles. The summed E-state index contributed by atoms with van der Waals surface area (Å²) in [5.41, 5.74) is 6.24. The van der Waals surface area contributed by atoms with Gasteiger partial charge >= 0.3 is 0 Å². The van der Waals surface area contributed by atoms with E-state index in [2.05, 4.69) is 25.2 Å². The fourth-order valence-corrected chi connectivity index (χ4v) is 2.00. The second kappa shape index (κ2) is 8.22. The molecular weight excluding hydrogens is 271 g/mol. The second-order valence-corrected chi connectivity index (χ2v) is 5.32. The van der Waals surface area contributed by atoms with Gasteiger partial charge in [0.2, 0.25) is 5.91 Å². The first-order chi connectivity index (χ1) is 9.92. The van der Waals surface area contributed by atoms with E-state index in [-0.39, 0.29) is 18.1 Å². The van der Waals surface area contributed by atoms with E-state index in [4.69, 9.17) is 11.0 Å². The van der Waals surface area contributed by atoms with Crippen molar-refractivity contribution in [2.75, 3.05) is 30.7 Å². The van der Waals surface area contributed by atoms with Crippen LogP contribution >= 0.6 is 0 Å². The molecule has 3 N–H and O–H groups in total. The molecule has 0 aromatic heterocycles. The van der Waals surface area contributed by atoms with Crippen molar-refractivity contribution in [3.63, 3.8) is 0 Å². The molecule has 0 aliphatic heterocycles. The Morgan fingerprint density at radius 2 is 2.24 bits per heavy atom. The molecule has 5 nitrogen and oxygen atoms in total. The van der Waals surface area contributed by atoms with Gasteiger partial charge in [0, 0.05) is 19.5 Å². The number of nitrogen functional groups attached to an aromatic ring is 1. The number of benzene rings is 1. The van der Waals surface area contributed by atoms with E-state index in [1.54, 1.807) is 0 Å². The summed E-state index contributed by atoms with van der Waals surface area (Å²) in [5.74, 6) is -0.278. The van der Waals surface area contributed by atoms with Crippen molar-refractivity contribution >= 4 is 17.3 Å². The third kappa shape index (κ3) is 6.23. The largest absolute Gasteiger partial charge is 0.397 e. The fourth-order valence-electron chi connectivity index (χ4n) is 2.00. The van der Waals surface area contributed by atoms with Crippen molar-refractivity contribution in [1.82, 2.24) is 4.90 Å². The standard InChI is InChI=1S/C15H21FN4O/c1-11(2)9-20(7-3-6-17)10-15(21)19-14-5-4-12(16)8-13(14)18/h4-5,8,11H,3,7,9-10,18H2,1-2H3,(H,19,21). The molecule has 0 spiro atoms. The summed E-state index contributed by atoms with van der Waals surface area (Å²) >= 11 is 0. The van der Waals surface area contributed by atoms with Crippen LogP contribution in [0.25, 0.3) is 0 Å². The second-order valence-electron chi connectivity index (χ2n) is 5.32. The van der Waals surface area contributed by atoms with Gasteiger partial charge in [0.05, 0.1) is 24.0 Å². The summed E-state index contributed by atoms with van der Waals surface area (Å²) in [6.07, 6.45) is 0.374. The van der Waals surface area contributed by atoms with Crippen molar-refractivity contribution in [3.05, 3.63) is 24.0 Å². The van der Waals surface area contributed by atoms with E-state index in [9.17, 15) is 9.18 Å². The smallest absolute Gasteiger partial charge is 0.238 e. The maximum absolute atomic E-state index is 12.9. The van der Waals surface area contributed by atoms with Gasteiger partial charge in [-0.25, -0.2) is 4.39 Å². The summed E-state index contributed by atoms with van der Waals surface area (Å²) in [4.78, 5) is 13.9. The molecule has 21 heavy (non-hydrogen) atoms. The van der Waals surface area contributed by atoms with Gasteiger partial charge in [0.15, 0.2) is 0 Å². The van der Waals surface area contributed by atoms with Crippen LogP contribution in [0.2, 0.25) is 0 Å². The van der Waals surface area contributed by atoms with Crippen LogP contribution in [-0.2, 0) is 4.79 Å². The number of rotatable bonds is 7. The normalized spacial score (nSPS) is 10.7. The Labute approximate surface area is 124 Å². The van der Waals surface area contributed by atoms with Gasteiger partial charge < -0.3 is 11.1 Å². The minimum Gasteiger partial charge on any atom is -0.397 e. The van der Waals surface area contributed by atoms with Crippen LogP contribution in [0, 0.1) is 23.1 Å². The Morgan fingerprint density at radius 1 is 1.52 bits per heavy atom. The Hall–Kier alpha value is -2.13. The zero-order valence-corrected chi connectivity index (χ0v) is 12.4. The maximum atomic E-state index is 12.9. The molecule has 0 fully saturated rings. The SMILES string of the molecule is CC(C)CN(CCC#N)CC(=O)Nc1ccc(F)cc1N. The van der Waals surface area contributed by atoms with Crippen LogP contribution in [0.3, 0.4) is 0 Å². The molecule has 6 heteroatoms. The highest BCUT2D eigenvalue weighted by molar-refractivity contribution is 5.95. The van der Waals surface area contributed by atoms with Gasteiger partial charge in [-0.15, -0.1) is 0 Å². The van der Waals surface area contributed by atoms with Crippen molar-refractivity contribution in [3.8, 4) is 6.07 Å². The lowest BCUT2D eigenvalue weighted by Gasteiger charge is -2.22. The van der Waals surface area contributed by atoms with Crippen molar-refractivity contribution < 1.29 is 9.18 Å². The number of carbonyl (C=O) groups is 1. The van der Waals surface area contributed by atoms with E-state index in [0.717, 1.165) is 12.6 Å². The molecule has 1 amide bonds. The topological polar surface area (TPSA) is 82.2 Å². The van der Waals surface area contributed by atoms with Crippen LogP contribution < -0.4 is 11.1 Å². The summed E-state index contributed by atoms with van der Waals surface area (Å²) in [7, 11) is 0. The van der Waals surface area contributed by atoms with Gasteiger partial charge in [-0.3, -0.25) is 9.69 Å². The maximum Gasteiger partial charge on any atom is 0.238 e. The van der Waals surface area contributed by atoms with Gasteiger partial charge in [0.25, 0.3) is 0 Å². The summed E-state index contributed by atoms with van der Waals surface area (Å²) in [6, 6.07) is 5.92. The Kier molecular flexibility index (Phi) is 6.63. The van der Waals surface area contributed by atoms with E-state index in [1.165, 1.54) is 12.1 Å². The molecule has 0 aliphatic carbocycles. The highest BCUT2D eigenvalue weighted by Crippen LogP contribution is 2.18. The minimum atomic E-state index is -0.444. The van der Waals surface area contributed by atoms with Gasteiger partial charge in [-0.05, 0) is 24.1 Å².